The molecule has 3 nitrogen and oxygen atoms in total. The number of carbonyl (C=O) groups is 1. The van der Waals surface area contributed by atoms with Gasteiger partial charge in [0, 0.05) is 13.0 Å². The fourth-order valence-corrected chi connectivity index (χ4v) is 2.16. The summed E-state index contributed by atoms with van der Waals surface area (Å²) in [5.41, 5.74) is 1.11. The molecule has 1 rings (SSSR count). The van der Waals surface area contributed by atoms with Gasteiger partial charge >= 0.3 is 0 Å². The fourth-order valence-electron chi connectivity index (χ4n) is 2.16. The lowest BCUT2D eigenvalue weighted by Crippen LogP contribution is -2.22. The number of rotatable bonds is 10. The topological polar surface area (TPSA) is 49.3 Å². The number of carbonyl (C=O) groups excluding carboxylic acids is 1. The van der Waals surface area contributed by atoms with Crippen LogP contribution in [0.15, 0.2) is 30.3 Å². The van der Waals surface area contributed by atoms with Crippen molar-refractivity contribution in [2.45, 2.75) is 64.5 Å². The summed E-state index contributed by atoms with van der Waals surface area (Å²) in [6.45, 7) is 2.74. The molecule has 3 heteroatoms. The molecular weight excluding hydrogens is 250 g/mol. The monoisotopic (exact) mass is 277 g/mol. The average molecular weight is 277 g/mol. The number of aliphatic hydroxyl groups is 1. The van der Waals surface area contributed by atoms with Crippen LogP contribution in [0, 0.1) is 0 Å². The smallest absolute Gasteiger partial charge is 0.220 e. The van der Waals surface area contributed by atoms with Gasteiger partial charge in [0.05, 0.1) is 6.10 Å². The van der Waals surface area contributed by atoms with Gasteiger partial charge in [0.15, 0.2) is 0 Å². The normalized spacial score (nSPS) is 12.1. The maximum Gasteiger partial charge on any atom is 0.220 e. The predicted octanol–water partition coefficient (Wildman–Crippen LogP) is 3.41. The lowest BCUT2D eigenvalue weighted by molar-refractivity contribution is -0.121. The summed E-state index contributed by atoms with van der Waals surface area (Å²) in [6, 6.07) is 9.89. The molecule has 0 aliphatic carbocycles. The first-order chi connectivity index (χ1) is 9.72. The number of unbranched alkanes of at least 4 members (excludes halogenated alkanes) is 2. The largest absolute Gasteiger partial charge is 0.393 e. The van der Waals surface area contributed by atoms with Crippen LogP contribution in [-0.4, -0.2) is 17.1 Å². The van der Waals surface area contributed by atoms with Crippen molar-refractivity contribution in [2.75, 3.05) is 0 Å². The summed E-state index contributed by atoms with van der Waals surface area (Å²) in [4.78, 5) is 11.7. The second kappa shape index (κ2) is 10.4. The third-order valence-electron chi connectivity index (χ3n) is 3.41. The molecule has 0 spiro atoms. The van der Waals surface area contributed by atoms with Gasteiger partial charge in [0.25, 0.3) is 0 Å². The SMILES string of the molecule is CCCCC[C@H](O)CCCC(=O)NCc1ccccc1. The van der Waals surface area contributed by atoms with Gasteiger partial charge in [0.1, 0.15) is 0 Å². The third kappa shape index (κ3) is 7.95. The van der Waals surface area contributed by atoms with E-state index in [2.05, 4.69) is 12.2 Å². The molecule has 1 aromatic rings. The van der Waals surface area contributed by atoms with Gasteiger partial charge in [-0.25, -0.2) is 0 Å². The van der Waals surface area contributed by atoms with Crippen molar-refractivity contribution in [1.29, 1.82) is 0 Å². The zero-order chi connectivity index (χ0) is 14.6. The van der Waals surface area contributed by atoms with E-state index < -0.39 is 0 Å². The molecule has 1 atom stereocenters. The van der Waals surface area contributed by atoms with Gasteiger partial charge in [-0.05, 0) is 24.8 Å². The van der Waals surface area contributed by atoms with Crippen molar-refractivity contribution in [3.8, 4) is 0 Å². The maximum atomic E-state index is 11.7. The number of nitrogens with one attached hydrogen (secondary N) is 1. The van der Waals surface area contributed by atoms with Gasteiger partial charge in [-0.2, -0.15) is 0 Å². The van der Waals surface area contributed by atoms with Crippen LogP contribution in [0.2, 0.25) is 0 Å². The van der Waals surface area contributed by atoms with E-state index in [1.807, 2.05) is 30.3 Å². The van der Waals surface area contributed by atoms with Crippen molar-refractivity contribution in [3.63, 3.8) is 0 Å². The molecule has 0 saturated heterocycles. The van der Waals surface area contributed by atoms with Gasteiger partial charge in [-0.3, -0.25) is 4.79 Å². The van der Waals surface area contributed by atoms with Crippen molar-refractivity contribution in [3.05, 3.63) is 35.9 Å². The second-order valence-electron chi connectivity index (χ2n) is 5.30. The molecule has 20 heavy (non-hydrogen) atoms. The third-order valence-corrected chi connectivity index (χ3v) is 3.41. The summed E-state index contributed by atoms with van der Waals surface area (Å²) in [5, 5.41) is 12.7. The average Bonchev–Trinajstić information content (AvgIpc) is 2.46. The maximum absolute atomic E-state index is 11.7. The quantitative estimate of drug-likeness (QED) is 0.644. The van der Waals surface area contributed by atoms with Crippen molar-refractivity contribution in [1.82, 2.24) is 5.32 Å². The molecular formula is C17H27NO2. The molecule has 0 radical (unpaired) electrons. The summed E-state index contributed by atoms with van der Waals surface area (Å²) in [5.74, 6) is 0.0645. The van der Waals surface area contributed by atoms with Gasteiger partial charge in [0.2, 0.25) is 5.91 Å². The van der Waals surface area contributed by atoms with Gasteiger partial charge in [-0.1, -0.05) is 56.5 Å². The van der Waals surface area contributed by atoms with Crippen LogP contribution in [-0.2, 0) is 11.3 Å². The summed E-state index contributed by atoms with van der Waals surface area (Å²) in [6.07, 6.45) is 6.03. The minimum Gasteiger partial charge on any atom is -0.393 e. The van der Waals surface area contributed by atoms with Crippen LogP contribution in [0.5, 0.6) is 0 Å². The number of amides is 1. The van der Waals surface area contributed by atoms with Crippen LogP contribution in [0.1, 0.15) is 57.4 Å². The molecule has 2 N–H and O–H groups in total. The Hall–Kier alpha value is -1.35. The van der Waals surface area contributed by atoms with Crippen molar-refractivity contribution >= 4 is 5.91 Å². The Morgan fingerprint density at radius 1 is 1.15 bits per heavy atom. The molecule has 0 aliphatic rings. The first-order valence-corrected chi connectivity index (χ1v) is 7.71. The van der Waals surface area contributed by atoms with E-state index >= 15 is 0 Å². The lowest BCUT2D eigenvalue weighted by Gasteiger charge is -2.10. The minimum absolute atomic E-state index is 0.0645. The van der Waals surface area contributed by atoms with Crippen LogP contribution >= 0.6 is 0 Å². The highest BCUT2D eigenvalue weighted by Gasteiger charge is 2.06. The highest BCUT2D eigenvalue weighted by Crippen LogP contribution is 2.09. The molecule has 1 amide bonds. The Morgan fingerprint density at radius 3 is 2.55 bits per heavy atom. The molecule has 0 aromatic heterocycles. The highest BCUT2D eigenvalue weighted by molar-refractivity contribution is 5.75. The molecule has 0 heterocycles. The Labute approximate surface area is 122 Å². The molecule has 0 aliphatic heterocycles. The van der Waals surface area contributed by atoms with Crippen LogP contribution in [0.25, 0.3) is 0 Å². The molecule has 0 saturated carbocycles. The standard InChI is InChI=1S/C17H27NO2/c1-2-3-5-11-16(19)12-8-13-17(20)18-14-15-9-6-4-7-10-15/h4,6-7,9-10,16,19H,2-3,5,8,11-14H2,1H3,(H,18,20)/t16-/m0/s1. The van der Waals surface area contributed by atoms with E-state index in [0.29, 0.717) is 13.0 Å². The highest BCUT2D eigenvalue weighted by atomic mass is 16.3. The zero-order valence-electron chi connectivity index (χ0n) is 12.5. The van der Waals surface area contributed by atoms with E-state index in [4.69, 9.17) is 0 Å². The molecule has 0 bridgehead atoms. The second-order valence-corrected chi connectivity index (χ2v) is 5.30. The lowest BCUT2D eigenvalue weighted by atomic mass is 10.1. The first kappa shape index (κ1) is 16.7. The molecule has 1 aromatic carbocycles. The van der Waals surface area contributed by atoms with Gasteiger partial charge in [-0.15, -0.1) is 0 Å². The molecule has 0 unspecified atom stereocenters. The van der Waals surface area contributed by atoms with Gasteiger partial charge < -0.3 is 10.4 Å². The van der Waals surface area contributed by atoms with E-state index in [1.165, 1.54) is 12.8 Å². The Morgan fingerprint density at radius 2 is 1.85 bits per heavy atom. The predicted molar refractivity (Wildman–Crippen MR) is 82.3 cm³/mol. The van der Waals surface area contributed by atoms with E-state index in [1.54, 1.807) is 0 Å². The van der Waals surface area contributed by atoms with Crippen molar-refractivity contribution in [2.24, 2.45) is 0 Å². The number of aliphatic hydroxyl groups excluding tert-OH is 1. The summed E-state index contributed by atoms with van der Waals surface area (Å²) in [7, 11) is 0. The van der Waals surface area contributed by atoms with E-state index in [-0.39, 0.29) is 12.0 Å². The van der Waals surface area contributed by atoms with Crippen LogP contribution in [0.3, 0.4) is 0 Å². The summed E-state index contributed by atoms with van der Waals surface area (Å²) >= 11 is 0. The number of benzene rings is 1. The first-order valence-electron chi connectivity index (χ1n) is 7.71. The van der Waals surface area contributed by atoms with E-state index in [0.717, 1.165) is 31.2 Å². The van der Waals surface area contributed by atoms with Crippen LogP contribution < -0.4 is 5.32 Å². The van der Waals surface area contributed by atoms with Crippen LogP contribution in [0.4, 0.5) is 0 Å². The Balaban J connectivity index is 2.05. The Bertz CT molecular complexity index is 365. The number of hydrogen-bond donors (Lipinski definition) is 2. The minimum atomic E-state index is -0.247. The van der Waals surface area contributed by atoms with Crippen molar-refractivity contribution < 1.29 is 9.90 Å². The number of hydrogen-bond acceptors (Lipinski definition) is 2. The fraction of sp³-hybridized carbons (Fsp3) is 0.588. The molecule has 112 valence electrons. The molecule has 0 fully saturated rings. The summed E-state index contributed by atoms with van der Waals surface area (Å²) < 4.78 is 0. The zero-order valence-corrected chi connectivity index (χ0v) is 12.5. The van der Waals surface area contributed by atoms with E-state index in [9.17, 15) is 9.90 Å². The Kier molecular flexibility index (Phi) is 8.72.